The molecule has 7 rings (SSSR count). The molecule has 5 aromatic carbocycles. The number of ether oxygens (including phenoxy) is 4. The van der Waals surface area contributed by atoms with Crippen molar-refractivity contribution in [1.29, 1.82) is 0 Å². The van der Waals surface area contributed by atoms with Crippen LogP contribution in [0.4, 0.5) is 4.79 Å². The van der Waals surface area contributed by atoms with Gasteiger partial charge in [0, 0.05) is 17.4 Å². The molecular formula is C58H74BNO8P+. The average molecular weight is 955 g/mol. The topological polar surface area (TPSA) is 102 Å². The number of hydrogen-bond donors (Lipinski definition) is 1. The Kier molecular flexibility index (Phi) is 16.1. The number of carbonyl (C=O) groups is 2. The molecule has 69 heavy (non-hydrogen) atoms. The SMILES string of the molecule is Cc1c(OC(NC(=O)OCc2ccc(B3OC(C)(C)C(C)(C)O3)cc2)C(C)(C)CCCOC(=O)CCCC[P+](c2ccccc2)(c2ccccc2)c2ccccc2)cc2c(c1C)OC(C)(C)CC2C. The van der Waals surface area contributed by atoms with Gasteiger partial charge >= 0.3 is 19.2 Å². The molecule has 5 aromatic rings. The van der Waals surface area contributed by atoms with Gasteiger partial charge in [0.05, 0.1) is 24.0 Å². The van der Waals surface area contributed by atoms with Crippen LogP contribution in [0.2, 0.25) is 0 Å². The smallest absolute Gasteiger partial charge is 0.487 e. The zero-order valence-corrected chi connectivity index (χ0v) is 43.8. The molecule has 0 saturated carbocycles. The Morgan fingerprint density at radius 1 is 0.754 bits per heavy atom. The molecule has 0 radical (unpaired) electrons. The lowest BCUT2D eigenvalue weighted by molar-refractivity contribution is -0.144. The van der Waals surface area contributed by atoms with Gasteiger partial charge in [-0.2, -0.15) is 0 Å². The van der Waals surface area contributed by atoms with Crippen LogP contribution in [0.25, 0.3) is 0 Å². The number of alkyl carbamates (subject to hydrolysis) is 1. The largest absolute Gasteiger partial charge is 0.494 e. The molecule has 0 spiro atoms. The van der Waals surface area contributed by atoms with Gasteiger partial charge in [-0.15, -0.1) is 0 Å². The third-order valence-electron chi connectivity index (χ3n) is 14.6. The first-order valence-corrected chi connectivity index (χ1v) is 26.8. The highest BCUT2D eigenvalue weighted by molar-refractivity contribution is 7.95. The van der Waals surface area contributed by atoms with Crippen molar-refractivity contribution in [2.24, 2.45) is 5.41 Å². The van der Waals surface area contributed by atoms with Crippen molar-refractivity contribution < 1.29 is 37.8 Å². The van der Waals surface area contributed by atoms with E-state index in [1.807, 2.05) is 58.9 Å². The Morgan fingerprint density at radius 2 is 1.30 bits per heavy atom. The van der Waals surface area contributed by atoms with Crippen molar-refractivity contribution in [3.8, 4) is 11.5 Å². The minimum Gasteiger partial charge on any atom is -0.487 e. The molecule has 0 bridgehead atoms. The summed E-state index contributed by atoms with van der Waals surface area (Å²) in [5.41, 5.74) is 3.01. The number of rotatable bonds is 19. The standard InChI is InChI=1S/C58H73BNO8P/c1-41-39-56(6,7)66-52-43(3)42(2)50(38-49(41)52)65-53(60-54(62)64-40-44-31-33-45(34-32-44)59-67-57(8,9)58(10,11)68-59)55(4,5)35-23-36-63-51(61)30-21-22-37-69(46-24-15-12-16-25-46,47-26-17-13-18-27-47)48-28-19-14-20-29-48/h12-20,24-29,31-34,38,41,53H,21-23,30,35-37,39-40H2,1-11H3/p+1. The Hall–Kier alpha value is -5.15. The van der Waals surface area contributed by atoms with Crippen LogP contribution in [0.5, 0.6) is 11.5 Å². The maximum Gasteiger partial charge on any atom is 0.494 e. The van der Waals surface area contributed by atoms with E-state index >= 15 is 0 Å². The van der Waals surface area contributed by atoms with E-state index in [9.17, 15) is 9.59 Å². The summed E-state index contributed by atoms with van der Waals surface area (Å²) in [5.74, 6) is 1.64. The van der Waals surface area contributed by atoms with E-state index in [-0.39, 0.29) is 30.7 Å². The number of carbonyl (C=O) groups excluding carboxylic acids is 2. The summed E-state index contributed by atoms with van der Waals surface area (Å²) >= 11 is 0. The highest BCUT2D eigenvalue weighted by Gasteiger charge is 2.52. The lowest BCUT2D eigenvalue weighted by Crippen LogP contribution is -2.49. The van der Waals surface area contributed by atoms with Gasteiger partial charge in [0.1, 0.15) is 46.9 Å². The summed E-state index contributed by atoms with van der Waals surface area (Å²) < 4.78 is 37.5. The number of hydrogen-bond acceptors (Lipinski definition) is 8. The zero-order chi connectivity index (χ0) is 49.6. The first kappa shape index (κ1) is 51.7. The van der Waals surface area contributed by atoms with Gasteiger partial charge in [0.15, 0.2) is 6.23 Å². The third-order valence-corrected chi connectivity index (χ3v) is 19.1. The van der Waals surface area contributed by atoms with E-state index in [1.165, 1.54) is 15.9 Å². The quantitative estimate of drug-likeness (QED) is 0.0287. The molecule has 2 atom stereocenters. The number of unbranched alkanes of at least 4 members (excludes halogenated alkanes) is 1. The summed E-state index contributed by atoms with van der Waals surface area (Å²) in [6.45, 7) is 23.1. The minimum absolute atomic E-state index is 0.0632. The van der Waals surface area contributed by atoms with Crippen molar-refractivity contribution in [3.05, 3.63) is 144 Å². The average Bonchev–Trinajstić information content (AvgIpc) is 3.55. The molecule has 2 unspecified atom stereocenters. The Bertz CT molecular complexity index is 2400. The molecule has 9 nitrogen and oxygen atoms in total. The molecule has 0 aliphatic carbocycles. The van der Waals surface area contributed by atoms with Crippen LogP contribution in [-0.4, -0.2) is 55.0 Å². The lowest BCUT2D eigenvalue weighted by atomic mass is 9.79. The van der Waals surface area contributed by atoms with Gasteiger partial charge in [0.25, 0.3) is 0 Å². The molecule has 1 amide bonds. The van der Waals surface area contributed by atoms with Crippen molar-refractivity contribution in [1.82, 2.24) is 5.32 Å². The first-order chi connectivity index (χ1) is 32.7. The molecule has 1 fully saturated rings. The molecule has 11 heteroatoms. The van der Waals surface area contributed by atoms with Gasteiger partial charge in [0.2, 0.25) is 0 Å². The monoisotopic (exact) mass is 955 g/mol. The maximum atomic E-state index is 13.7. The van der Waals surface area contributed by atoms with E-state index in [4.69, 9.17) is 28.3 Å². The fourth-order valence-electron chi connectivity index (χ4n) is 9.65. The molecule has 2 aliphatic rings. The highest BCUT2D eigenvalue weighted by Crippen LogP contribution is 2.56. The molecule has 2 heterocycles. The van der Waals surface area contributed by atoms with Gasteiger partial charge in [-0.3, -0.25) is 10.1 Å². The fourth-order valence-corrected chi connectivity index (χ4v) is 14.1. The van der Waals surface area contributed by atoms with Crippen molar-refractivity contribution >= 4 is 47.8 Å². The van der Waals surface area contributed by atoms with Crippen LogP contribution < -0.4 is 36.2 Å². The Balaban J connectivity index is 0.981. The fraction of sp³-hybridized carbons (Fsp3) is 0.448. The molecule has 1 N–H and O–H groups in total. The Labute approximate surface area is 412 Å². The maximum absolute atomic E-state index is 13.7. The third kappa shape index (κ3) is 12.1. The van der Waals surface area contributed by atoms with Crippen molar-refractivity contribution in [2.45, 2.75) is 150 Å². The van der Waals surface area contributed by atoms with Crippen LogP contribution in [0.3, 0.4) is 0 Å². The number of fused-ring (bicyclic) bond motifs is 1. The molecular weight excluding hydrogens is 880 g/mol. The molecule has 2 aliphatic heterocycles. The van der Waals surface area contributed by atoms with Crippen LogP contribution in [0, 0.1) is 19.3 Å². The van der Waals surface area contributed by atoms with E-state index < -0.39 is 43.3 Å². The summed E-state index contributed by atoms with van der Waals surface area (Å²) in [6.07, 6.45) is 3.58. The van der Waals surface area contributed by atoms with Crippen LogP contribution in [-0.2, 0) is 30.2 Å². The summed E-state index contributed by atoms with van der Waals surface area (Å²) in [5, 5.41) is 7.09. The van der Waals surface area contributed by atoms with Crippen molar-refractivity contribution in [2.75, 3.05) is 12.8 Å². The van der Waals surface area contributed by atoms with Gasteiger partial charge in [-0.25, -0.2) is 4.79 Å². The van der Waals surface area contributed by atoms with E-state index in [2.05, 4.69) is 144 Å². The summed E-state index contributed by atoms with van der Waals surface area (Å²) in [7, 11) is -2.45. The van der Waals surface area contributed by atoms with Gasteiger partial charge < -0.3 is 28.3 Å². The van der Waals surface area contributed by atoms with E-state index in [1.54, 1.807) is 0 Å². The van der Waals surface area contributed by atoms with Crippen LogP contribution in [0.15, 0.2) is 121 Å². The molecule has 0 aromatic heterocycles. The molecule has 1 saturated heterocycles. The van der Waals surface area contributed by atoms with Crippen LogP contribution in [0.1, 0.15) is 129 Å². The lowest BCUT2D eigenvalue weighted by Gasteiger charge is -2.39. The second kappa shape index (κ2) is 21.5. The number of benzene rings is 5. The van der Waals surface area contributed by atoms with Gasteiger partial charge in [-0.05, 0) is 158 Å². The zero-order valence-electron chi connectivity index (χ0n) is 42.9. The van der Waals surface area contributed by atoms with E-state index in [0.717, 1.165) is 58.9 Å². The predicted molar refractivity (Wildman–Crippen MR) is 281 cm³/mol. The normalized spacial score (nSPS) is 17.6. The second-order valence-corrected chi connectivity index (χ2v) is 25.0. The summed E-state index contributed by atoms with van der Waals surface area (Å²) in [4.78, 5) is 27.0. The second-order valence-electron chi connectivity index (χ2n) is 21.4. The summed E-state index contributed by atoms with van der Waals surface area (Å²) in [6, 6.07) is 42.3. The minimum atomic E-state index is -1.97. The van der Waals surface area contributed by atoms with E-state index in [0.29, 0.717) is 25.0 Å². The number of amides is 1. The van der Waals surface area contributed by atoms with Gasteiger partial charge in [-0.1, -0.05) is 99.6 Å². The highest BCUT2D eigenvalue weighted by atomic mass is 31.2. The predicted octanol–water partition coefficient (Wildman–Crippen LogP) is 11.4. The van der Waals surface area contributed by atoms with Crippen molar-refractivity contribution in [3.63, 3.8) is 0 Å². The van der Waals surface area contributed by atoms with Crippen LogP contribution >= 0.6 is 7.26 Å². The number of nitrogens with one attached hydrogen (secondary N) is 1. The first-order valence-electron chi connectivity index (χ1n) is 24.8. The number of esters is 1. The molecule has 366 valence electrons. The Morgan fingerprint density at radius 3 is 1.86 bits per heavy atom.